The van der Waals surface area contributed by atoms with Gasteiger partial charge in [-0.2, -0.15) is 0 Å². The number of pyridine rings is 1. The van der Waals surface area contributed by atoms with Gasteiger partial charge < -0.3 is 20.1 Å². The Morgan fingerprint density at radius 1 is 1.10 bits per heavy atom. The number of nitrogens with one attached hydrogen (secondary N) is 2. The van der Waals surface area contributed by atoms with Crippen molar-refractivity contribution in [2.24, 2.45) is 0 Å². The first-order chi connectivity index (χ1) is 18.7. The van der Waals surface area contributed by atoms with Crippen LogP contribution in [0.4, 0.5) is 10.1 Å². The molecule has 9 heteroatoms. The van der Waals surface area contributed by atoms with Gasteiger partial charge in [0.2, 0.25) is 5.91 Å². The van der Waals surface area contributed by atoms with Gasteiger partial charge in [-0.3, -0.25) is 9.78 Å². The van der Waals surface area contributed by atoms with E-state index in [2.05, 4.69) is 51.1 Å². The predicted molar refractivity (Wildman–Crippen MR) is 157 cm³/mol. The summed E-state index contributed by atoms with van der Waals surface area (Å²) in [6.45, 7) is 6.59. The first kappa shape index (κ1) is 26.8. The molecule has 0 saturated carbocycles. The predicted octanol–water partition coefficient (Wildman–Crippen LogP) is 6.59. The summed E-state index contributed by atoms with van der Waals surface area (Å²) in [4.78, 5) is 19.5. The molecule has 0 aliphatic carbocycles. The zero-order valence-electron chi connectivity index (χ0n) is 21.9. The fourth-order valence-electron chi connectivity index (χ4n) is 5.26. The molecule has 1 fully saturated rings. The van der Waals surface area contributed by atoms with E-state index in [0.717, 1.165) is 33.9 Å². The summed E-state index contributed by atoms with van der Waals surface area (Å²) in [6.07, 6.45) is 1.98. The summed E-state index contributed by atoms with van der Waals surface area (Å²) in [5.74, 6) is -0.528. The van der Waals surface area contributed by atoms with E-state index < -0.39 is 0 Å². The Morgan fingerprint density at radius 3 is 2.59 bits per heavy atom. The third kappa shape index (κ3) is 5.40. The lowest BCUT2D eigenvalue weighted by atomic mass is 9.96. The minimum Gasteiger partial charge on any atom is -0.352 e. The normalized spacial score (nSPS) is 16.8. The summed E-state index contributed by atoms with van der Waals surface area (Å²) >= 11 is 12.3. The number of nitrogens with zero attached hydrogens (tertiary/aromatic N) is 3. The van der Waals surface area contributed by atoms with Crippen LogP contribution in [-0.2, 0) is 4.79 Å². The van der Waals surface area contributed by atoms with Gasteiger partial charge in [-0.05, 0) is 98.7 Å². The number of hydrogen-bond acceptors (Lipinski definition) is 3. The number of rotatable bonds is 7. The number of anilines is 1. The number of amides is 1. The van der Waals surface area contributed by atoms with Gasteiger partial charge in [0.25, 0.3) is 0 Å². The van der Waals surface area contributed by atoms with Crippen LogP contribution < -0.4 is 10.6 Å². The van der Waals surface area contributed by atoms with E-state index in [1.165, 1.54) is 12.1 Å². The van der Waals surface area contributed by atoms with Crippen molar-refractivity contribution in [3.63, 3.8) is 0 Å². The van der Waals surface area contributed by atoms with Gasteiger partial charge in [0.15, 0.2) is 5.11 Å². The standard InChI is InChI=1S/C30H29ClFN5OS/c1-18-17-23(20(3)37(18)26-9-6-7-24(31)19(26)2)29-28(25-8-4-5-15-33-25)35-30(39)36(29)16-14-27(38)34-22-12-10-21(32)11-13-22/h4-13,15,17,28-29H,14,16H2,1-3H3,(H,34,38)(H,35,39)/t28-,29+/m0/s1. The van der Waals surface area contributed by atoms with E-state index in [1.54, 1.807) is 18.3 Å². The number of aromatic nitrogens is 2. The molecule has 3 heterocycles. The molecule has 5 rings (SSSR count). The van der Waals surface area contributed by atoms with Crippen molar-refractivity contribution in [1.29, 1.82) is 0 Å². The first-order valence-corrected chi connectivity index (χ1v) is 13.5. The maximum Gasteiger partial charge on any atom is 0.226 e. The van der Waals surface area contributed by atoms with Gasteiger partial charge in [-0.25, -0.2) is 4.39 Å². The zero-order valence-corrected chi connectivity index (χ0v) is 23.5. The molecule has 6 nitrogen and oxygen atoms in total. The molecule has 200 valence electrons. The van der Waals surface area contributed by atoms with Gasteiger partial charge in [0.05, 0.1) is 17.8 Å². The van der Waals surface area contributed by atoms with Crippen LogP contribution in [0.3, 0.4) is 0 Å². The zero-order chi connectivity index (χ0) is 27.7. The van der Waals surface area contributed by atoms with Crippen molar-refractivity contribution >= 4 is 40.5 Å². The summed E-state index contributed by atoms with van der Waals surface area (Å²) in [5, 5.41) is 7.57. The fraction of sp³-hybridized carbons (Fsp3) is 0.233. The molecule has 1 amide bonds. The quantitative estimate of drug-likeness (QED) is 0.249. The highest BCUT2D eigenvalue weighted by atomic mass is 35.5. The highest BCUT2D eigenvalue weighted by Crippen LogP contribution is 2.42. The molecule has 2 aromatic carbocycles. The van der Waals surface area contributed by atoms with Gasteiger partial charge in [-0.15, -0.1) is 0 Å². The highest BCUT2D eigenvalue weighted by Gasteiger charge is 2.41. The van der Waals surface area contributed by atoms with Crippen molar-refractivity contribution in [2.45, 2.75) is 39.3 Å². The lowest BCUT2D eigenvalue weighted by Gasteiger charge is -2.28. The molecular weight excluding hydrogens is 533 g/mol. The summed E-state index contributed by atoms with van der Waals surface area (Å²) in [5.41, 5.74) is 6.67. The van der Waals surface area contributed by atoms with E-state index in [0.29, 0.717) is 22.4 Å². The molecule has 1 aliphatic heterocycles. The van der Waals surface area contributed by atoms with E-state index in [-0.39, 0.29) is 30.2 Å². The van der Waals surface area contributed by atoms with Gasteiger partial charge in [-0.1, -0.05) is 23.7 Å². The van der Waals surface area contributed by atoms with Crippen LogP contribution >= 0.6 is 23.8 Å². The number of carbonyl (C=O) groups excluding carboxylic acids is 1. The van der Waals surface area contributed by atoms with E-state index in [9.17, 15) is 9.18 Å². The second kappa shape index (κ2) is 11.2. The van der Waals surface area contributed by atoms with Gasteiger partial charge in [0.1, 0.15) is 5.82 Å². The number of hydrogen-bond donors (Lipinski definition) is 2. The number of thiocarbonyl (C=S) groups is 1. The second-order valence-electron chi connectivity index (χ2n) is 9.67. The Morgan fingerprint density at radius 2 is 1.87 bits per heavy atom. The van der Waals surface area contributed by atoms with E-state index >= 15 is 0 Å². The second-order valence-corrected chi connectivity index (χ2v) is 10.5. The van der Waals surface area contributed by atoms with Crippen LogP contribution in [0, 0.1) is 26.6 Å². The third-order valence-electron chi connectivity index (χ3n) is 7.17. The lowest BCUT2D eigenvalue weighted by molar-refractivity contribution is -0.116. The largest absolute Gasteiger partial charge is 0.352 e. The Bertz CT molecular complexity index is 1520. The highest BCUT2D eigenvalue weighted by molar-refractivity contribution is 7.80. The van der Waals surface area contributed by atoms with E-state index in [1.807, 2.05) is 37.3 Å². The van der Waals surface area contributed by atoms with Gasteiger partial charge in [0, 0.05) is 46.9 Å². The van der Waals surface area contributed by atoms with E-state index in [4.69, 9.17) is 23.8 Å². The molecule has 4 aromatic rings. The van der Waals surface area contributed by atoms with Crippen LogP contribution in [0.25, 0.3) is 5.69 Å². The molecule has 39 heavy (non-hydrogen) atoms. The van der Waals surface area contributed by atoms with Crippen molar-refractivity contribution in [3.8, 4) is 5.69 Å². The average Bonchev–Trinajstić information content (AvgIpc) is 3.40. The molecule has 2 aromatic heterocycles. The fourth-order valence-corrected chi connectivity index (χ4v) is 5.76. The minimum absolute atomic E-state index is 0.176. The molecular formula is C30H29ClFN5OS. The molecule has 2 N–H and O–H groups in total. The van der Waals surface area contributed by atoms with Crippen LogP contribution in [-0.4, -0.2) is 32.0 Å². The molecule has 0 radical (unpaired) electrons. The topological polar surface area (TPSA) is 62.2 Å². The first-order valence-electron chi connectivity index (χ1n) is 12.7. The summed E-state index contributed by atoms with van der Waals surface area (Å²) in [6, 6.07) is 19.3. The molecule has 2 atom stereocenters. The Balaban J connectivity index is 1.48. The van der Waals surface area contributed by atoms with Crippen LogP contribution in [0.1, 0.15) is 46.7 Å². The molecule has 0 unspecified atom stereocenters. The molecule has 0 spiro atoms. The Hall–Kier alpha value is -3.75. The summed E-state index contributed by atoms with van der Waals surface area (Å²) in [7, 11) is 0. The molecule has 1 saturated heterocycles. The van der Waals surface area contributed by atoms with Crippen LogP contribution in [0.15, 0.2) is 72.9 Å². The molecule has 1 aliphatic rings. The molecule has 0 bridgehead atoms. The van der Waals surface area contributed by atoms with Crippen molar-refractivity contribution in [1.82, 2.24) is 19.8 Å². The Kier molecular flexibility index (Phi) is 7.68. The SMILES string of the molecule is Cc1c(Cl)cccc1-n1c(C)cc([C@@H]2[C@H](c3ccccn3)NC(=S)N2CCC(=O)Nc2ccc(F)cc2)c1C. The van der Waals surface area contributed by atoms with Crippen molar-refractivity contribution in [2.75, 3.05) is 11.9 Å². The summed E-state index contributed by atoms with van der Waals surface area (Å²) < 4.78 is 15.5. The van der Waals surface area contributed by atoms with Crippen LogP contribution in [0.2, 0.25) is 5.02 Å². The van der Waals surface area contributed by atoms with Gasteiger partial charge >= 0.3 is 0 Å². The number of carbonyl (C=O) groups is 1. The number of halogens is 2. The maximum absolute atomic E-state index is 13.3. The maximum atomic E-state index is 13.3. The number of aryl methyl sites for hydroxylation is 1. The van der Waals surface area contributed by atoms with Crippen LogP contribution in [0.5, 0.6) is 0 Å². The third-order valence-corrected chi connectivity index (χ3v) is 7.94. The minimum atomic E-state index is -0.351. The van der Waals surface area contributed by atoms with Crippen molar-refractivity contribution in [3.05, 3.63) is 112 Å². The lowest BCUT2D eigenvalue weighted by Crippen LogP contribution is -2.32. The number of benzene rings is 2. The smallest absolute Gasteiger partial charge is 0.226 e. The average molecular weight is 562 g/mol. The monoisotopic (exact) mass is 561 g/mol. The Labute approximate surface area is 237 Å². The van der Waals surface area contributed by atoms with Crippen molar-refractivity contribution < 1.29 is 9.18 Å².